The van der Waals surface area contributed by atoms with Crippen LogP contribution in [-0.2, 0) is 22.8 Å². The van der Waals surface area contributed by atoms with Gasteiger partial charge >= 0.3 is 0 Å². The zero-order valence-corrected chi connectivity index (χ0v) is 16.3. The summed E-state index contributed by atoms with van der Waals surface area (Å²) in [5, 5.41) is 6.75. The number of carbonyl (C=O) groups is 1. The molecule has 0 aliphatic heterocycles. The molecule has 0 radical (unpaired) electrons. The summed E-state index contributed by atoms with van der Waals surface area (Å²) in [5.41, 5.74) is 1.88. The van der Waals surface area contributed by atoms with E-state index in [1.54, 1.807) is 4.68 Å². The Bertz CT molecular complexity index is 1110. The Morgan fingerprint density at radius 3 is 2.54 bits per heavy atom. The number of anilines is 1. The topological polar surface area (TPSA) is 81.1 Å². The Labute approximate surface area is 162 Å². The van der Waals surface area contributed by atoms with Crippen molar-refractivity contribution >= 4 is 21.4 Å². The molecule has 0 saturated carbocycles. The molecular formula is C20H20FN3O3S. The monoisotopic (exact) mass is 401 g/mol. The number of benzene rings is 2. The summed E-state index contributed by atoms with van der Waals surface area (Å²) >= 11 is 0. The van der Waals surface area contributed by atoms with Crippen LogP contribution in [0.5, 0.6) is 0 Å². The summed E-state index contributed by atoms with van der Waals surface area (Å²) < 4.78 is 39.2. The van der Waals surface area contributed by atoms with Gasteiger partial charge in [-0.25, -0.2) is 12.8 Å². The van der Waals surface area contributed by atoms with Crippen molar-refractivity contribution in [3.8, 4) is 0 Å². The number of hydrogen-bond donors (Lipinski definition) is 1. The highest BCUT2D eigenvalue weighted by Crippen LogP contribution is 2.21. The molecule has 1 heterocycles. The Balaban J connectivity index is 1.88. The summed E-state index contributed by atoms with van der Waals surface area (Å²) in [4.78, 5) is 12.6. The van der Waals surface area contributed by atoms with Gasteiger partial charge in [-0.2, -0.15) is 5.10 Å². The molecule has 0 spiro atoms. The minimum Gasteiger partial charge on any atom is -0.319 e. The van der Waals surface area contributed by atoms with Crippen molar-refractivity contribution in [2.75, 3.05) is 11.6 Å². The van der Waals surface area contributed by atoms with Crippen molar-refractivity contribution in [1.29, 1.82) is 0 Å². The number of amides is 1. The van der Waals surface area contributed by atoms with Gasteiger partial charge < -0.3 is 5.32 Å². The molecule has 0 unspecified atom stereocenters. The van der Waals surface area contributed by atoms with Crippen molar-refractivity contribution in [3.63, 3.8) is 0 Å². The summed E-state index contributed by atoms with van der Waals surface area (Å²) in [5.74, 6) is -1.25. The van der Waals surface area contributed by atoms with E-state index >= 15 is 0 Å². The van der Waals surface area contributed by atoms with Gasteiger partial charge in [0.1, 0.15) is 5.82 Å². The van der Waals surface area contributed by atoms with Gasteiger partial charge in [0.05, 0.1) is 34.6 Å². The number of halogens is 1. The van der Waals surface area contributed by atoms with Crippen LogP contribution in [0.1, 0.15) is 28.5 Å². The van der Waals surface area contributed by atoms with E-state index < -0.39 is 21.6 Å². The van der Waals surface area contributed by atoms with E-state index in [2.05, 4.69) is 10.4 Å². The highest BCUT2D eigenvalue weighted by Gasteiger charge is 2.19. The molecule has 3 rings (SSSR count). The largest absolute Gasteiger partial charge is 0.319 e. The maximum Gasteiger partial charge on any atom is 0.259 e. The van der Waals surface area contributed by atoms with E-state index in [1.807, 2.05) is 37.3 Å². The van der Waals surface area contributed by atoms with Crippen molar-refractivity contribution in [2.24, 2.45) is 0 Å². The third kappa shape index (κ3) is 4.28. The van der Waals surface area contributed by atoms with Gasteiger partial charge in [0.25, 0.3) is 5.91 Å². The minimum atomic E-state index is -3.52. The predicted octanol–water partition coefficient (Wildman–Crippen LogP) is 3.29. The number of hydrogen-bond acceptors (Lipinski definition) is 4. The van der Waals surface area contributed by atoms with E-state index in [9.17, 15) is 17.6 Å². The smallest absolute Gasteiger partial charge is 0.259 e. The Kier molecular flexibility index (Phi) is 5.60. The second-order valence-electron chi connectivity index (χ2n) is 6.37. The second kappa shape index (κ2) is 7.93. The SMILES string of the molecule is CCc1c(C(=O)Nc2cc(S(C)(=O)=O)ccc2F)cnn1Cc1ccccc1. The molecule has 0 aliphatic rings. The molecule has 0 fully saturated rings. The lowest BCUT2D eigenvalue weighted by atomic mass is 10.1. The number of sulfone groups is 1. The average Bonchev–Trinajstić information content (AvgIpc) is 3.06. The van der Waals surface area contributed by atoms with Crippen LogP contribution in [0.25, 0.3) is 0 Å². The Morgan fingerprint density at radius 2 is 1.89 bits per heavy atom. The van der Waals surface area contributed by atoms with E-state index in [4.69, 9.17) is 0 Å². The zero-order chi connectivity index (χ0) is 20.3. The van der Waals surface area contributed by atoms with Gasteiger partial charge in [-0.3, -0.25) is 9.48 Å². The lowest BCUT2D eigenvalue weighted by molar-refractivity contribution is 0.102. The normalized spacial score (nSPS) is 11.4. The molecular weight excluding hydrogens is 381 g/mol. The summed E-state index contributed by atoms with van der Waals surface area (Å²) in [6.45, 7) is 2.41. The number of carbonyl (C=O) groups excluding carboxylic acids is 1. The fraction of sp³-hybridized carbons (Fsp3) is 0.200. The third-order valence-corrected chi connectivity index (χ3v) is 5.43. The van der Waals surface area contributed by atoms with Gasteiger partial charge in [-0.15, -0.1) is 0 Å². The first-order valence-electron chi connectivity index (χ1n) is 8.69. The predicted molar refractivity (Wildman–Crippen MR) is 105 cm³/mol. The highest BCUT2D eigenvalue weighted by atomic mass is 32.2. The van der Waals surface area contributed by atoms with E-state index in [0.717, 1.165) is 30.0 Å². The maximum atomic E-state index is 14.1. The van der Waals surface area contributed by atoms with Gasteiger partial charge in [-0.1, -0.05) is 37.3 Å². The molecule has 2 aromatic carbocycles. The molecule has 6 nitrogen and oxygen atoms in total. The quantitative estimate of drug-likeness (QED) is 0.643. The molecule has 0 saturated heterocycles. The van der Waals surface area contributed by atoms with Gasteiger partial charge in [-0.05, 0) is 30.2 Å². The fourth-order valence-electron chi connectivity index (χ4n) is 2.89. The van der Waals surface area contributed by atoms with Crippen molar-refractivity contribution in [1.82, 2.24) is 9.78 Å². The molecule has 146 valence electrons. The standard InChI is InChI=1S/C20H20FN3O3S/c1-3-19-16(12-22-24(19)13-14-7-5-4-6-8-14)20(25)23-18-11-15(28(2,26)27)9-10-17(18)21/h4-12H,3,13H2,1-2H3,(H,23,25). The molecule has 8 heteroatoms. The molecule has 1 N–H and O–H groups in total. The van der Waals surface area contributed by atoms with E-state index in [-0.39, 0.29) is 10.6 Å². The van der Waals surface area contributed by atoms with Gasteiger partial charge in [0.2, 0.25) is 0 Å². The highest BCUT2D eigenvalue weighted by molar-refractivity contribution is 7.90. The number of rotatable bonds is 6. The van der Waals surface area contributed by atoms with Crippen LogP contribution < -0.4 is 5.32 Å². The average molecular weight is 401 g/mol. The molecule has 1 amide bonds. The summed E-state index contributed by atoms with van der Waals surface area (Å²) in [7, 11) is -3.52. The Hall–Kier alpha value is -3.00. The van der Waals surface area contributed by atoms with Crippen LogP contribution in [0.2, 0.25) is 0 Å². The molecule has 1 aromatic heterocycles. The lowest BCUT2D eigenvalue weighted by Crippen LogP contribution is -2.16. The summed E-state index contributed by atoms with van der Waals surface area (Å²) in [6, 6.07) is 13.0. The van der Waals surface area contributed by atoms with Crippen LogP contribution >= 0.6 is 0 Å². The lowest BCUT2D eigenvalue weighted by Gasteiger charge is -2.10. The van der Waals surface area contributed by atoms with E-state index in [0.29, 0.717) is 24.2 Å². The van der Waals surface area contributed by atoms with Crippen LogP contribution in [0.15, 0.2) is 59.6 Å². The molecule has 3 aromatic rings. The molecule has 28 heavy (non-hydrogen) atoms. The van der Waals surface area contributed by atoms with Gasteiger partial charge in [0.15, 0.2) is 9.84 Å². The third-order valence-electron chi connectivity index (χ3n) is 4.32. The molecule has 0 bridgehead atoms. The first-order valence-corrected chi connectivity index (χ1v) is 10.6. The van der Waals surface area contributed by atoms with Crippen molar-refractivity contribution in [2.45, 2.75) is 24.8 Å². The second-order valence-corrected chi connectivity index (χ2v) is 8.39. The van der Waals surface area contributed by atoms with Crippen LogP contribution in [0.3, 0.4) is 0 Å². The first-order chi connectivity index (χ1) is 13.3. The fourth-order valence-corrected chi connectivity index (χ4v) is 3.53. The Morgan fingerprint density at radius 1 is 1.18 bits per heavy atom. The van der Waals surface area contributed by atoms with Crippen molar-refractivity contribution < 1.29 is 17.6 Å². The van der Waals surface area contributed by atoms with Crippen LogP contribution in [0, 0.1) is 5.82 Å². The van der Waals surface area contributed by atoms with Crippen LogP contribution in [0.4, 0.5) is 10.1 Å². The number of nitrogens with zero attached hydrogens (tertiary/aromatic N) is 2. The maximum absolute atomic E-state index is 14.1. The number of nitrogens with one attached hydrogen (secondary N) is 1. The van der Waals surface area contributed by atoms with E-state index in [1.165, 1.54) is 6.20 Å². The number of aromatic nitrogens is 2. The van der Waals surface area contributed by atoms with Crippen molar-refractivity contribution in [3.05, 3.63) is 77.4 Å². The van der Waals surface area contributed by atoms with Crippen LogP contribution in [-0.4, -0.2) is 30.4 Å². The van der Waals surface area contributed by atoms with Gasteiger partial charge in [0, 0.05) is 6.26 Å². The molecule has 0 atom stereocenters. The summed E-state index contributed by atoms with van der Waals surface area (Å²) in [6.07, 6.45) is 3.02. The zero-order valence-electron chi connectivity index (χ0n) is 15.5. The first kappa shape index (κ1) is 19.8. The molecule has 0 aliphatic carbocycles. The minimum absolute atomic E-state index is 0.0697.